The van der Waals surface area contributed by atoms with Crippen molar-refractivity contribution in [1.29, 1.82) is 0 Å². The molecule has 0 bridgehead atoms. The molecule has 2 N–H and O–H groups in total. The highest BCUT2D eigenvalue weighted by atomic mass is 32.1. The van der Waals surface area contributed by atoms with Gasteiger partial charge in [-0.3, -0.25) is 9.89 Å². The van der Waals surface area contributed by atoms with E-state index in [9.17, 15) is 4.79 Å². The Kier molecular flexibility index (Phi) is 3.56. The van der Waals surface area contributed by atoms with Gasteiger partial charge in [-0.2, -0.15) is 5.10 Å². The Morgan fingerprint density at radius 3 is 3.05 bits per heavy atom. The van der Waals surface area contributed by atoms with Crippen molar-refractivity contribution in [2.75, 3.05) is 18.5 Å². The number of H-pyrrole nitrogens is 1. The quantitative estimate of drug-likeness (QED) is 0.900. The second-order valence-corrected chi connectivity index (χ2v) is 5.14. The van der Waals surface area contributed by atoms with Crippen molar-refractivity contribution in [3.63, 3.8) is 0 Å². The highest BCUT2D eigenvalue weighted by Gasteiger charge is 2.19. The lowest BCUT2D eigenvalue weighted by molar-refractivity contribution is 0.0845. The van der Waals surface area contributed by atoms with Gasteiger partial charge in [-0.1, -0.05) is 0 Å². The molecule has 1 saturated heterocycles. The number of nitrogens with one attached hydrogen (secondary N) is 2. The molecule has 0 radical (unpaired) electrons. The maximum absolute atomic E-state index is 11.8. The molecule has 100 valence electrons. The van der Waals surface area contributed by atoms with Crippen LogP contribution in [0.2, 0.25) is 0 Å². The van der Waals surface area contributed by atoms with Crippen LogP contribution in [-0.2, 0) is 4.74 Å². The molecule has 0 saturated carbocycles. The maximum atomic E-state index is 11.8. The summed E-state index contributed by atoms with van der Waals surface area (Å²) in [4.78, 5) is 15.8. The van der Waals surface area contributed by atoms with E-state index in [1.165, 1.54) is 11.3 Å². The Balaban J connectivity index is 1.66. The smallest absolute Gasteiger partial charge is 0.276 e. The molecular formula is C12H14N4O2S. The summed E-state index contributed by atoms with van der Waals surface area (Å²) in [6, 6.07) is 1.89. The second-order valence-electron chi connectivity index (χ2n) is 4.42. The number of carbonyl (C=O) groups is 1. The first-order valence-electron chi connectivity index (χ1n) is 6.15. The third kappa shape index (κ3) is 2.82. The molecule has 3 heterocycles. The molecule has 3 rings (SSSR count). The molecular weight excluding hydrogens is 264 g/mol. The van der Waals surface area contributed by atoms with Crippen LogP contribution in [0.3, 0.4) is 0 Å². The zero-order chi connectivity index (χ0) is 13.1. The van der Waals surface area contributed by atoms with Crippen molar-refractivity contribution in [1.82, 2.24) is 15.2 Å². The van der Waals surface area contributed by atoms with Crippen LogP contribution in [-0.4, -0.2) is 34.3 Å². The van der Waals surface area contributed by atoms with Crippen molar-refractivity contribution in [2.24, 2.45) is 0 Å². The van der Waals surface area contributed by atoms with Gasteiger partial charge in [-0.15, -0.1) is 11.3 Å². The minimum atomic E-state index is -0.230. The molecule has 0 aromatic carbocycles. The zero-order valence-corrected chi connectivity index (χ0v) is 11.1. The Hall–Kier alpha value is -1.73. The lowest BCUT2D eigenvalue weighted by atomic mass is 9.97. The van der Waals surface area contributed by atoms with Gasteiger partial charge in [-0.05, 0) is 12.8 Å². The Morgan fingerprint density at radius 2 is 2.32 bits per heavy atom. The van der Waals surface area contributed by atoms with Gasteiger partial charge in [0.2, 0.25) is 0 Å². The number of ether oxygens (including phenoxy) is 1. The van der Waals surface area contributed by atoms with Crippen molar-refractivity contribution in [3.8, 4) is 0 Å². The second kappa shape index (κ2) is 5.50. The summed E-state index contributed by atoms with van der Waals surface area (Å²) in [5.74, 6) is 0.747. The van der Waals surface area contributed by atoms with Crippen LogP contribution < -0.4 is 5.32 Å². The predicted octanol–water partition coefficient (Wildman–Crippen LogP) is 2.01. The third-order valence-electron chi connectivity index (χ3n) is 3.17. The minimum absolute atomic E-state index is 0.230. The summed E-state index contributed by atoms with van der Waals surface area (Å²) in [5.41, 5.74) is 3.10. The van der Waals surface area contributed by atoms with E-state index >= 15 is 0 Å². The fourth-order valence-corrected chi connectivity index (χ4v) is 2.66. The summed E-state index contributed by atoms with van der Waals surface area (Å²) in [5, 5.41) is 11.6. The first-order valence-corrected chi connectivity index (χ1v) is 7.10. The van der Waals surface area contributed by atoms with E-state index in [0.717, 1.165) is 31.7 Å². The summed E-state index contributed by atoms with van der Waals surface area (Å²) < 4.78 is 5.33. The van der Waals surface area contributed by atoms with E-state index in [-0.39, 0.29) is 5.91 Å². The SMILES string of the molecule is O=C(Nc1cc(C2CCOCC2)[nH]n1)c1cscn1. The maximum Gasteiger partial charge on any atom is 0.276 e. The van der Waals surface area contributed by atoms with E-state index < -0.39 is 0 Å². The number of carbonyl (C=O) groups excluding carboxylic acids is 1. The number of hydrogen-bond acceptors (Lipinski definition) is 5. The number of nitrogens with zero attached hydrogens (tertiary/aromatic N) is 2. The van der Waals surface area contributed by atoms with Gasteiger partial charge >= 0.3 is 0 Å². The molecule has 0 unspecified atom stereocenters. The first kappa shape index (κ1) is 12.3. The molecule has 1 aliphatic rings. The average molecular weight is 278 g/mol. The molecule has 0 aliphatic carbocycles. The first-order chi connectivity index (χ1) is 9.33. The highest BCUT2D eigenvalue weighted by molar-refractivity contribution is 7.07. The van der Waals surface area contributed by atoms with Crippen LogP contribution in [0.15, 0.2) is 17.0 Å². The van der Waals surface area contributed by atoms with Crippen LogP contribution in [0.4, 0.5) is 5.82 Å². The molecule has 1 fully saturated rings. The third-order valence-corrected chi connectivity index (χ3v) is 3.75. The van der Waals surface area contributed by atoms with Crippen LogP contribution in [0.25, 0.3) is 0 Å². The summed E-state index contributed by atoms with van der Waals surface area (Å²) in [6.07, 6.45) is 1.98. The summed E-state index contributed by atoms with van der Waals surface area (Å²) in [6.45, 7) is 1.56. The molecule has 0 atom stereocenters. The van der Waals surface area contributed by atoms with E-state index in [0.29, 0.717) is 17.4 Å². The summed E-state index contributed by atoms with van der Waals surface area (Å²) in [7, 11) is 0. The molecule has 2 aromatic rings. The molecule has 19 heavy (non-hydrogen) atoms. The topological polar surface area (TPSA) is 79.9 Å². The lowest BCUT2D eigenvalue weighted by Crippen LogP contribution is -2.14. The molecule has 1 aliphatic heterocycles. The molecule has 7 heteroatoms. The van der Waals surface area contributed by atoms with E-state index in [4.69, 9.17) is 4.74 Å². The normalized spacial score (nSPS) is 16.4. The number of hydrogen-bond donors (Lipinski definition) is 2. The minimum Gasteiger partial charge on any atom is -0.381 e. The number of amides is 1. The molecule has 1 amide bonds. The number of aromatic amines is 1. The standard InChI is InChI=1S/C12H14N4O2S/c17-12(10-6-19-7-13-10)14-11-5-9(15-16-11)8-1-3-18-4-2-8/h5-8H,1-4H2,(H2,14,15,16,17). The monoisotopic (exact) mass is 278 g/mol. The Morgan fingerprint density at radius 1 is 1.47 bits per heavy atom. The van der Waals surface area contributed by atoms with E-state index in [1.807, 2.05) is 6.07 Å². The van der Waals surface area contributed by atoms with Crippen LogP contribution in [0, 0.1) is 0 Å². The van der Waals surface area contributed by atoms with Crippen molar-refractivity contribution >= 4 is 23.1 Å². The van der Waals surface area contributed by atoms with Gasteiger partial charge in [0, 0.05) is 36.3 Å². The zero-order valence-electron chi connectivity index (χ0n) is 10.3. The number of anilines is 1. The van der Waals surface area contributed by atoms with Gasteiger partial charge in [-0.25, -0.2) is 4.98 Å². The van der Waals surface area contributed by atoms with Crippen molar-refractivity contribution in [3.05, 3.63) is 28.3 Å². The Labute approximate surface area is 114 Å². The molecule has 0 spiro atoms. The van der Waals surface area contributed by atoms with Gasteiger partial charge < -0.3 is 10.1 Å². The van der Waals surface area contributed by atoms with Crippen molar-refractivity contribution < 1.29 is 9.53 Å². The fourth-order valence-electron chi connectivity index (χ4n) is 2.12. The largest absolute Gasteiger partial charge is 0.381 e. The lowest BCUT2D eigenvalue weighted by Gasteiger charge is -2.20. The van der Waals surface area contributed by atoms with Crippen molar-refractivity contribution in [2.45, 2.75) is 18.8 Å². The van der Waals surface area contributed by atoms with E-state index in [2.05, 4.69) is 20.5 Å². The van der Waals surface area contributed by atoms with Crippen LogP contribution in [0.5, 0.6) is 0 Å². The summed E-state index contributed by atoms with van der Waals surface area (Å²) >= 11 is 1.39. The highest BCUT2D eigenvalue weighted by Crippen LogP contribution is 2.26. The molecule has 6 nitrogen and oxygen atoms in total. The van der Waals surface area contributed by atoms with Gasteiger partial charge in [0.25, 0.3) is 5.91 Å². The average Bonchev–Trinajstić information content (AvgIpc) is 3.11. The van der Waals surface area contributed by atoms with Crippen LogP contribution in [0.1, 0.15) is 34.9 Å². The number of rotatable bonds is 3. The van der Waals surface area contributed by atoms with E-state index in [1.54, 1.807) is 10.9 Å². The number of aromatic nitrogens is 3. The predicted molar refractivity (Wildman–Crippen MR) is 71.4 cm³/mol. The molecule has 2 aromatic heterocycles. The van der Waals surface area contributed by atoms with Gasteiger partial charge in [0.05, 0.1) is 5.51 Å². The van der Waals surface area contributed by atoms with Crippen LogP contribution >= 0.6 is 11.3 Å². The fraction of sp³-hybridized carbons (Fsp3) is 0.417. The Bertz CT molecular complexity index is 546. The van der Waals surface area contributed by atoms with Gasteiger partial charge in [0.1, 0.15) is 5.69 Å². The number of thiazole rings is 1. The van der Waals surface area contributed by atoms with Gasteiger partial charge in [0.15, 0.2) is 5.82 Å².